The summed E-state index contributed by atoms with van der Waals surface area (Å²) in [5.74, 6) is 1.45. The monoisotopic (exact) mass is 425 g/mol. The molecule has 1 aliphatic rings. The standard InChI is InChI=1S/C24H31N3O4/c1-27(2)24(28-3)25-16-19-7-9-21(10-8-19)18-30-22-5-4-6-23(15-22)31-26-17-20-11-13-29-14-12-20/h4-10,15,17,26H,11-14,16,18H2,1-3H3. The molecule has 0 saturated carbocycles. The molecule has 0 atom stereocenters. The van der Waals surface area contributed by atoms with Crippen molar-refractivity contribution in [2.45, 2.75) is 26.0 Å². The van der Waals surface area contributed by atoms with Crippen molar-refractivity contribution in [3.8, 4) is 11.5 Å². The van der Waals surface area contributed by atoms with Gasteiger partial charge in [-0.05, 0) is 41.7 Å². The first kappa shape index (κ1) is 22.5. The van der Waals surface area contributed by atoms with Crippen LogP contribution in [0.15, 0.2) is 65.3 Å². The largest absolute Gasteiger partial charge is 0.489 e. The SMILES string of the molecule is COC(=NCc1ccc(COc2cccc(ONC=C3CCOCC3)c2)cc1)N(C)C. The second-order valence-electron chi connectivity index (χ2n) is 7.41. The molecule has 0 bridgehead atoms. The Kier molecular flexibility index (Phi) is 8.60. The van der Waals surface area contributed by atoms with Crippen LogP contribution in [-0.2, 0) is 22.6 Å². The summed E-state index contributed by atoms with van der Waals surface area (Å²) in [6, 6.07) is 16.4. The molecule has 2 aromatic carbocycles. The molecule has 1 saturated heterocycles. The highest BCUT2D eigenvalue weighted by Crippen LogP contribution is 2.20. The van der Waals surface area contributed by atoms with Crippen LogP contribution in [0.2, 0.25) is 0 Å². The first-order valence-corrected chi connectivity index (χ1v) is 10.4. The summed E-state index contributed by atoms with van der Waals surface area (Å²) in [5.41, 5.74) is 6.41. The maximum absolute atomic E-state index is 5.92. The van der Waals surface area contributed by atoms with E-state index in [2.05, 4.69) is 34.7 Å². The number of aliphatic imine (C=N–C) groups is 1. The quantitative estimate of drug-likeness (QED) is 0.393. The van der Waals surface area contributed by atoms with Gasteiger partial charge in [-0.2, -0.15) is 0 Å². The van der Waals surface area contributed by atoms with Gasteiger partial charge in [0.1, 0.15) is 12.4 Å². The summed E-state index contributed by atoms with van der Waals surface area (Å²) < 4.78 is 16.5. The average Bonchev–Trinajstić information content (AvgIpc) is 2.80. The maximum Gasteiger partial charge on any atom is 0.286 e. The molecule has 0 radical (unpaired) electrons. The fourth-order valence-corrected chi connectivity index (χ4v) is 3.04. The van der Waals surface area contributed by atoms with Gasteiger partial charge >= 0.3 is 0 Å². The van der Waals surface area contributed by atoms with Crippen molar-refractivity contribution in [2.24, 2.45) is 4.99 Å². The molecular formula is C24H31N3O4. The predicted octanol–water partition coefficient (Wildman–Crippen LogP) is 3.91. The molecule has 1 fully saturated rings. The lowest BCUT2D eigenvalue weighted by molar-refractivity contribution is 0.117. The lowest BCUT2D eigenvalue weighted by Crippen LogP contribution is -2.23. The fourth-order valence-electron chi connectivity index (χ4n) is 3.04. The van der Waals surface area contributed by atoms with E-state index < -0.39 is 0 Å². The molecule has 0 spiro atoms. The molecule has 0 aliphatic carbocycles. The van der Waals surface area contributed by atoms with Gasteiger partial charge in [0.05, 0.1) is 26.9 Å². The Morgan fingerprint density at radius 1 is 1.06 bits per heavy atom. The van der Waals surface area contributed by atoms with Crippen molar-refractivity contribution < 1.29 is 19.0 Å². The Hall–Kier alpha value is -3.19. The van der Waals surface area contributed by atoms with E-state index in [-0.39, 0.29) is 0 Å². The van der Waals surface area contributed by atoms with Crippen LogP contribution in [-0.4, -0.2) is 45.3 Å². The van der Waals surface area contributed by atoms with Gasteiger partial charge < -0.3 is 23.9 Å². The van der Waals surface area contributed by atoms with E-state index >= 15 is 0 Å². The van der Waals surface area contributed by atoms with E-state index in [0.29, 0.717) is 24.9 Å². The highest BCUT2D eigenvalue weighted by Gasteiger charge is 2.05. The van der Waals surface area contributed by atoms with E-state index in [1.165, 1.54) is 5.57 Å². The molecule has 1 N–H and O–H groups in total. The first-order valence-electron chi connectivity index (χ1n) is 10.4. The lowest BCUT2D eigenvalue weighted by atomic mass is 10.1. The second kappa shape index (κ2) is 11.9. The van der Waals surface area contributed by atoms with Crippen LogP contribution in [0.4, 0.5) is 0 Å². The van der Waals surface area contributed by atoms with Crippen LogP contribution < -0.4 is 15.1 Å². The van der Waals surface area contributed by atoms with Gasteiger partial charge in [-0.25, -0.2) is 10.5 Å². The molecule has 31 heavy (non-hydrogen) atoms. The summed E-state index contributed by atoms with van der Waals surface area (Å²) in [4.78, 5) is 11.9. The highest BCUT2D eigenvalue weighted by molar-refractivity contribution is 5.72. The van der Waals surface area contributed by atoms with Crippen molar-refractivity contribution in [2.75, 3.05) is 34.4 Å². The van der Waals surface area contributed by atoms with Crippen LogP contribution in [0.3, 0.4) is 0 Å². The van der Waals surface area contributed by atoms with Crippen molar-refractivity contribution in [1.82, 2.24) is 10.4 Å². The van der Waals surface area contributed by atoms with E-state index in [0.717, 1.165) is 42.9 Å². The molecule has 3 rings (SSSR count). The third-order valence-corrected chi connectivity index (χ3v) is 4.77. The number of amidine groups is 1. The minimum absolute atomic E-state index is 0.478. The number of hydrogen-bond acceptors (Lipinski definition) is 6. The number of rotatable bonds is 8. The van der Waals surface area contributed by atoms with Crippen molar-refractivity contribution >= 4 is 6.02 Å². The molecule has 7 nitrogen and oxygen atoms in total. The van der Waals surface area contributed by atoms with Crippen molar-refractivity contribution in [1.29, 1.82) is 0 Å². The Labute approximate surface area is 184 Å². The number of benzene rings is 2. The van der Waals surface area contributed by atoms with Gasteiger partial charge in [-0.3, -0.25) is 0 Å². The molecular weight excluding hydrogens is 394 g/mol. The van der Waals surface area contributed by atoms with Gasteiger partial charge in [0.25, 0.3) is 6.02 Å². The van der Waals surface area contributed by atoms with E-state index in [1.807, 2.05) is 49.5 Å². The summed E-state index contributed by atoms with van der Waals surface area (Å²) in [6.45, 7) is 2.59. The average molecular weight is 426 g/mol. The fraction of sp³-hybridized carbons (Fsp3) is 0.375. The zero-order chi connectivity index (χ0) is 21.9. The second-order valence-corrected chi connectivity index (χ2v) is 7.41. The summed E-state index contributed by atoms with van der Waals surface area (Å²) in [6.07, 6.45) is 3.79. The van der Waals surface area contributed by atoms with E-state index in [9.17, 15) is 0 Å². The number of ether oxygens (including phenoxy) is 3. The van der Waals surface area contributed by atoms with Gasteiger partial charge in [-0.1, -0.05) is 30.3 Å². The molecule has 0 amide bonds. The minimum Gasteiger partial charge on any atom is -0.489 e. The van der Waals surface area contributed by atoms with E-state index in [1.54, 1.807) is 7.11 Å². The van der Waals surface area contributed by atoms with Crippen LogP contribution in [0.1, 0.15) is 24.0 Å². The van der Waals surface area contributed by atoms with Gasteiger partial charge in [-0.15, -0.1) is 0 Å². The maximum atomic E-state index is 5.92. The third kappa shape index (κ3) is 7.53. The third-order valence-electron chi connectivity index (χ3n) is 4.77. The van der Waals surface area contributed by atoms with Gasteiger partial charge in [0, 0.05) is 26.4 Å². The zero-order valence-corrected chi connectivity index (χ0v) is 18.5. The van der Waals surface area contributed by atoms with Crippen molar-refractivity contribution in [3.63, 3.8) is 0 Å². The predicted molar refractivity (Wildman–Crippen MR) is 121 cm³/mol. The topological polar surface area (TPSA) is 64.5 Å². The van der Waals surface area contributed by atoms with E-state index in [4.69, 9.17) is 19.0 Å². The number of hydrogen-bond donors (Lipinski definition) is 1. The Bertz CT molecular complexity index is 871. The molecule has 0 unspecified atom stereocenters. The molecule has 7 heteroatoms. The molecule has 1 aliphatic heterocycles. The van der Waals surface area contributed by atoms with Crippen LogP contribution in [0.5, 0.6) is 11.5 Å². The molecule has 1 heterocycles. The van der Waals surface area contributed by atoms with Crippen LogP contribution in [0, 0.1) is 0 Å². The molecule has 2 aromatic rings. The number of nitrogens with one attached hydrogen (secondary N) is 1. The normalized spacial score (nSPS) is 14.0. The molecule has 0 aromatic heterocycles. The number of hydroxylamine groups is 1. The summed E-state index contributed by atoms with van der Waals surface area (Å²) in [7, 11) is 5.43. The smallest absolute Gasteiger partial charge is 0.286 e. The summed E-state index contributed by atoms with van der Waals surface area (Å²) >= 11 is 0. The Balaban J connectivity index is 1.48. The lowest BCUT2D eigenvalue weighted by Gasteiger charge is -2.15. The number of methoxy groups -OCH3 is 1. The Morgan fingerprint density at radius 3 is 2.48 bits per heavy atom. The van der Waals surface area contributed by atoms with Crippen LogP contribution in [0.25, 0.3) is 0 Å². The number of nitrogens with zero attached hydrogens (tertiary/aromatic N) is 2. The first-order chi connectivity index (χ1) is 15.1. The minimum atomic E-state index is 0.478. The molecule has 166 valence electrons. The zero-order valence-electron chi connectivity index (χ0n) is 18.5. The summed E-state index contributed by atoms with van der Waals surface area (Å²) in [5, 5.41) is 0. The van der Waals surface area contributed by atoms with Crippen molar-refractivity contribution in [3.05, 3.63) is 71.4 Å². The van der Waals surface area contributed by atoms with Gasteiger partial charge in [0.15, 0.2) is 5.75 Å². The van der Waals surface area contributed by atoms with Crippen LogP contribution >= 0.6 is 0 Å². The highest BCUT2D eigenvalue weighted by atomic mass is 16.6. The van der Waals surface area contributed by atoms with Gasteiger partial charge in [0.2, 0.25) is 0 Å². The Morgan fingerprint density at radius 2 is 1.77 bits per heavy atom.